The Balaban J connectivity index is 2.49. The summed E-state index contributed by atoms with van der Waals surface area (Å²) in [5.41, 5.74) is 1.37. The minimum absolute atomic E-state index is 0.392. The summed E-state index contributed by atoms with van der Waals surface area (Å²) in [4.78, 5) is 16.7. The lowest BCUT2D eigenvalue weighted by Crippen LogP contribution is -2.03. The molecule has 0 fully saturated rings. The van der Waals surface area contributed by atoms with Gasteiger partial charge in [0.25, 0.3) is 0 Å². The molecule has 5 heteroatoms. The van der Waals surface area contributed by atoms with E-state index < -0.39 is 5.97 Å². The highest BCUT2D eigenvalue weighted by Crippen LogP contribution is 2.32. The Morgan fingerprint density at radius 1 is 1.41 bits per heavy atom. The zero-order valence-electron chi connectivity index (χ0n) is 9.36. The Morgan fingerprint density at radius 3 is 2.76 bits per heavy atom. The van der Waals surface area contributed by atoms with E-state index >= 15 is 0 Å². The van der Waals surface area contributed by atoms with E-state index in [4.69, 9.17) is 4.74 Å². The molecule has 0 amide bonds. The number of esters is 1. The van der Waals surface area contributed by atoms with Crippen molar-refractivity contribution in [1.29, 1.82) is 0 Å². The molecule has 0 unspecified atom stereocenters. The fourth-order valence-corrected chi connectivity index (χ4v) is 2.98. The van der Waals surface area contributed by atoms with Gasteiger partial charge >= 0.3 is 5.97 Å². The van der Waals surface area contributed by atoms with Gasteiger partial charge in [0.15, 0.2) is 5.69 Å². The highest BCUT2D eigenvalue weighted by Gasteiger charge is 2.17. The first-order valence-electron chi connectivity index (χ1n) is 4.94. The van der Waals surface area contributed by atoms with E-state index in [-0.39, 0.29) is 0 Å². The number of thiazole rings is 1. The van der Waals surface area contributed by atoms with Crippen LogP contribution in [0.4, 0.5) is 0 Å². The second-order valence-corrected chi connectivity index (χ2v) is 5.45. The third-order valence-corrected chi connectivity index (χ3v) is 3.98. The number of ether oxygens (including phenoxy) is 1. The molecule has 0 saturated carbocycles. The highest BCUT2D eigenvalue weighted by molar-refractivity contribution is 9.10. The summed E-state index contributed by atoms with van der Waals surface area (Å²) < 4.78 is 5.65. The molecule has 0 N–H and O–H groups in total. The van der Waals surface area contributed by atoms with Gasteiger partial charge in [-0.2, -0.15) is 0 Å². The van der Waals surface area contributed by atoms with Crippen LogP contribution in [-0.2, 0) is 4.74 Å². The Kier molecular flexibility index (Phi) is 3.59. The molecule has 0 aliphatic rings. The van der Waals surface area contributed by atoms with Crippen LogP contribution in [0.3, 0.4) is 0 Å². The first-order chi connectivity index (χ1) is 8.13. The lowest BCUT2D eigenvalue weighted by atomic mass is 10.2. The van der Waals surface area contributed by atoms with Gasteiger partial charge in [-0.05, 0) is 13.0 Å². The molecule has 0 atom stereocenters. The summed E-state index contributed by atoms with van der Waals surface area (Å²) in [7, 11) is 1.36. The van der Waals surface area contributed by atoms with Crippen molar-refractivity contribution in [3.8, 4) is 10.6 Å². The van der Waals surface area contributed by atoms with Gasteiger partial charge in [-0.1, -0.05) is 34.1 Å². The summed E-state index contributed by atoms with van der Waals surface area (Å²) in [6.45, 7) is 1.87. The van der Waals surface area contributed by atoms with Crippen LogP contribution in [0, 0.1) is 6.92 Å². The minimum atomic E-state index is -0.392. The minimum Gasteiger partial charge on any atom is -0.464 e. The SMILES string of the molecule is COC(=O)c1nc(-c2ccccc2Br)sc1C. The summed E-state index contributed by atoms with van der Waals surface area (Å²) in [5, 5.41) is 0.815. The molecule has 0 aliphatic heterocycles. The van der Waals surface area contributed by atoms with Gasteiger partial charge in [-0.15, -0.1) is 11.3 Å². The summed E-state index contributed by atoms with van der Waals surface area (Å²) in [5.74, 6) is -0.392. The Labute approximate surface area is 112 Å². The quantitative estimate of drug-likeness (QED) is 0.794. The van der Waals surface area contributed by atoms with Crippen LogP contribution in [0.25, 0.3) is 10.6 Å². The number of halogens is 1. The van der Waals surface area contributed by atoms with Crippen LogP contribution in [-0.4, -0.2) is 18.1 Å². The van der Waals surface area contributed by atoms with E-state index in [0.29, 0.717) is 5.69 Å². The average Bonchev–Trinajstić information content (AvgIpc) is 2.71. The smallest absolute Gasteiger partial charge is 0.357 e. The lowest BCUT2D eigenvalue weighted by Gasteiger charge is -1.98. The molecule has 0 aliphatic carbocycles. The maximum absolute atomic E-state index is 11.5. The van der Waals surface area contributed by atoms with Crippen molar-refractivity contribution in [2.24, 2.45) is 0 Å². The molecule has 88 valence electrons. The summed E-state index contributed by atoms with van der Waals surface area (Å²) >= 11 is 4.95. The number of hydrogen-bond acceptors (Lipinski definition) is 4. The highest BCUT2D eigenvalue weighted by atomic mass is 79.9. The Bertz CT molecular complexity index is 565. The number of aryl methyl sites for hydroxylation is 1. The third kappa shape index (κ3) is 2.40. The molecule has 0 radical (unpaired) electrons. The molecule has 2 rings (SSSR count). The Morgan fingerprint density at radius 2 is 2.12 bits per heavy atom. The number of hydrogen-bond donors (Lipinski definition) is 0. The van der Waals surface area contributed by atoms with Crippen LogP contribution >= 0.6 is 27.3 Å². The van der Waals surface area contributed by atoms with Gasteiger partial charge in [0, 0.05) is 14.9 Å². The second kappa shape index (κ2) is 4.98. The number of aromatic nitrogens is 1. The van der Waals surface area contributed by atoms with Crippen molar-refractivity contribution in [3.63, 3.8) is 0 Å². The van der Waals surface area contributed by atoms with E-state index in [1.807, 2.05) is 31.2 Å². The molecule has 2 aromatic rings. The van der Waals surface area contributed by atoms with E-state index in [9.17, 15) is 4.79 Å². The Hall–Kier alpha value is -1.20. The summed E-state index contributed by atoms with van der Waals surface area (Å²) in [6.07, 6.45) is 0. The van der Waals surface area contributed by atoms with Crippen LogP contribution in [0.2, 0.25) is 0 Å². The predicted octanol–water partition coefficient (Wildman–Crippen LogP) is 3.67. The van der Waals surface area contributed by atoms with Crippen molar-refractivity contribution in [2.45, 2.75) is 6.92 Å². The molecule has 0 saturated heterocycles. The second-order valence-electron chi connectivity index (χ2n) is 3.40. The fraction of sp³-hybridized carbons (Fsp3) is 0.167. The fourth-order valence-electron chi connectivity index (χ4n) is 1.43. The predicted molar refractivity (Wildman–Crippen MR) is 71.3 cm³/mol. The summed E-state index contributed by atoms with van der Waals surface area (Å²) in [6, 6.07) is 7.79. The van der Waals surface area contributed by atoms with Crippen LogP contribution in [0.5, 0.6) is 0 Å². The topological polar surface area (TPSA) is 39.2 Å². The molecular weight excluding hydrogens is 302 g/mol. The van der Waals surface area contributed by atoms with Gasteiger partial charge in [-0.3, -0.25) is 0 Å². The molecule has 0 spiro atoms. The van der Waals surface area contributed by atoms with Crippen molar-refractivity contribution in [3.05, 3.63) is 39.3 Å². The maximum Gasteiger partial charge on any atom is 0.357 e. The van der Waals surface area contributed by atoms with Gasteiger partial charge in [-0.25, -0.2) is 9.78 Å². The molecular formula is C12H10BrNO2S. The average molecular weight is 312 g/mol. The third-order valence-electron chi connectivity index (χ3n) is 2.28. The lowest BCUT2D eigenvalue weighted by molar-refractivity contribution is 0.0594. The van der Waals surface area contributed by atoms with E-state index in [0.717, 1.165) is 19.9 Å². The van der Waals surface area contributed by atoms with Crippen molar-refractivity contribution in [1.82, 2.24) is 4.98 Å². The maximum atomic E-state index is 11.5. The zero-order chi connectivity index (χ0) is 12.4. The van der Waals surface area contributed by atoms with Gasteiger partial charge in [0.1, 0.15) is 5.01 Å². The number of benzene rings is 1. The number of carbonyl (C=O) groups excluding carboxylic acids is 1. The zero-order valence-corrected chi connectivity index (χ0v) is 11.8. The van der Waals surface area contributed by atoms with Crippen LogP contribution < -0.4 is 0 Å². The van der Waals surface area contributed by atoms with Crippen LogP contribution in [0.1, 0.15) is 15.4 Å². The van der Waals surface area contributed by atoms with Crippen LogP contribution in [0.15, 0.2) is 28.7 Å². The molecule has 0 bridgehead atoms. The van der Waals surface area contributed by atoms with Gasteiger partial charge in [0.05, 0.1) is 7.11 Å². The first kappa shape index (κ1) is 12.3. The van der Waals surface area contributed by atoms with E-state index in [2.05, 4.69) is 20.9 Å². The van der Waals surface area contributed by atoms with Gasteiger partial charge in [0.2, 0.25) is 0 Å². The van der Waals surface area contributed by atoms with E-state index in [1.165, 1.54) is 18.4 Å². The number of nitrogens with zero attached hydrogens (tertiary/aromatic N) is 1. The molecule has 1 aromatic carbocycles. The van der Waals surface area contributed by atoms with Gasteiger partial charge < -0.3 is 4.74 Å². The standard InChI is InChI=1S/C12H10BrNO2S/c1-7-10(12(15)16-2)14-11(17-7)8-5-3-4-6-9(8)13/h3-6H,1-2H3. The normalized spacial score (nSPS) is 10.3. The first-order valence-corrected chi connectivity index (χ1v) is 6.55. The van der Waals surface area contributed by atoms with E-state index in [1.54, 1.807) is 0 Å². The largest absolute Gasteiger partial charge is 0.464 e. The van der Waals surface area contributed by atoms with Crippen molar-refractivity contribution in [2.75, 3.05) is 7.11 Å². The number of methoxy groups -OCH3 is 1. The van der Waals surface area contributed by atoms with Crippen molar-refractivity contribution >= 4 is 33.2 Å². The molecule has 1 aromatic heterocycles. The number of rotatable bonds is 2. The molecule has 17 heavy (non-hydrogen) atoms. The molecule has 3 nitrogen and oxygen atoms in total. The van der Waals surface area contributed by atoms with Crippen molar-refractivity contribution < 1.29 is 9.53 Å². The monoisotopic (exact) mass is 311 g/mol. The number of carbonyl (C=O) groups is 1. The molecule has 1 heterocycles.